The van der Waals surface area contributed by atoms with E-state index in [0.717, 1.165) is 11.3 Å². The van der Waals surface area contributed by atoms with E-state index in [-0.39, 0.29) is 0 Å². The monoisotopic (exact) mass is 279 g/mol. The Hall–Kier alpha value is -1.18. The van der Waals surface area contributed by atoms with E-state index in [1.54, 1.807) is 6.07 Å². The van der Waals surface area contributed by atoms with Crippen molar-refractivity contribution in [3.63, 3.8) is 0 Å². The fraction of sp³-hybridized carbons (Fsp3) is 0.200. The van der Waals surface area contributed by atoms with E-state index in [1.807, 2.05) is 12.1 Å². The number of anilines is 1. The van der Waals surface area contributed by atoms with E-state index in [2.05, 4.69) is 37.4 Å². The Morgan fingerprint density at radius 2 is 1.67 bits per heavy atom. The summed E-state index contributed by atoms with van der Waals surface area (Å²) in [6.45, 7) is 4.93. The molecular formula is C15H15Cl2N. The topological polar surface area (TPSA) is 12.0 Å². The van der Waals surface area contributed by atoms with E-state index in [4.69, 9.17) is 23.2 Å². The minimum atomic E-state index is 0.667. The maximum Gasteiger partial charge on any atom is 0.0424 e. The molecule has 0 aromatic heterocycles. The zero-order valence-corrected chi connectivity index (χ0v) is 11.9. The molecule has 0 saturated heterocycles. The first-order valence-corrected chi connectivity index (χ1v) is 6.57. The number of halogens is 2. The molecule has 0 aliphatic carbocycles. The minimum absolute atomic E-state index is 0.667. The number of hydrogen-bond acceptors (Lipinski definition) is 1. The molecule has 3 heteroatoms. The van der Waals surface area contributed by atoms with Crippen LogP contribution in [-0.4, -0.2) is 0 Å². The number of nitrogens with one attached hydrogen (secondary N) is 1. The standard InChI is InChI=1S/C15H15Cl2N/c1-10-4-3-5-15(11(10)2)18-9-12-6-13(16)8-14(17)7-12/h3-8,18H,9H2,1-2H3. The molecule has 1 nitrogen and oxygen atoms in total. The zero-order valence-electron chi connectivity index (χ0n) is 10.4. The van der Waals surface area contributed by atoms with Crippen LogP contribution in [0.3, 0.4) is 0 Å². The van der Waals surface area contributed by atoms with Crippen LogP contribution in [0, 0.1) is 13.8 Å². The number of hydrogen-bond donors (Lipinski definition) is 1. The molecule has 0 unspecified atom stereocenters. The van der Waals surface area contributed by atoms with Crippen molar-refractivity contribution in [1.29, 1.82) is 0 Å². The first-order valence-electron chi connectivity index (χ1n) is 5.81. The van der Waals surface area contributed by atoms with Gasteiger partial charge in [-0.25, -0.2) is 0 Å². The molecular weight excluding hydrogens is 265 g/mol. The fourth-order valence-electron chi connectivity index (χ4n) is 1.85. The molecule has 0 saturated carbocycles. The van der Waals surface area contributed by atoms with Crippen molar-refractivity contribution in [2.75, 3.05) is 5.32 Å². The van der Waals surface area contributed by atoms with Crippen molar-refractivity contribution in [3.05, 3.63) is 63.1 Å². The van der Waals surface area contributed by atoms with Crippen LogP contribution in [0.2, 0.25) is 10.0 Å². The van der Waals surface area contributed by atoms with Crippen LogP contribution < -0.4 is 5.32 Å². The SMILES string of the molecule is Cc1cccc(NCc2cc(Cl)cc(Cl)c2)c1C. The van der Waals surface area contributed by atoms with Gasteiger partial charge in [0.05, 0.1) is 0 Å². The molecule has 0 radical (unpaired) electrons. The lowest BCUT2D eigenvalue weighted by atomic mass is 10.1. The highest BCUT2D eigenvalue weighted by atomic mass is 35.5. The first kappa shape index (κ1) is 13.3. The third kappa shape index (κ3) is 3.18. The second kappa shape index (κ2) is 5.64. The molecule has 0 heterocycles. The van der Waals surface area contributed by atoms with E-state index in [0.29, 0.717) is 16.6 Å². The van der Waals surface area contributed by atoms with Gasteiger partial charge in [0.25, 0.3) is 0 Å². The molecule has 0 bridgehead atoms. The number of rotatable bonds is 3. The Labute approximate surface area is 118 Å². The van der Waals surface area contributed by atoms with Crippen molar-refractivity contribution in [2.24, 2.45) is 0 Å². The van der Waals surface area contributed by atoms with Crippen LogP contribution in [0.5, 0.6) is 0 Å². The molecule has 0 aliphatic heterocycles. The minimum Gasteiger partial charge on any atom is -0.381 e. The Morgan fingerprint density at radius 1 is 1.00 bits per heavy atom. The maximum absolute atomic E-state index is 5.98. The van der Waals surface area contributed by atoms with E-state index < -0.39 is 0 Å². The normalized spacial score (nSPS) is 10.4. The lowest BCUT2D eigenvalue weighted by Crippen LogP contribution is -2.01. The van der Waals surface area contributed by atoms with Crippen LogP contribution >= 0.6 is 23.2 Å². The summed E-state index contributed by atoms with van der Waals surface area (Å²) in [6.07, 6.45) is 0. The number of aryl methyl sites for hydroxylation is 1. The third-order valence-corrected chi connectivity index (χ3v) is 3.45. The van der Waals surface area contributed by atoms with E-state index >= 15 is 0 Å². The van der Waals surface area contributed by atoms with Gasteiger partial charge in [-0.1, -0.05) is 35.3 Å². The molecule has 0 aliphatic rings. The molecule has 0 amide bonds. The van der Waals surface area contributed by atoms with Crippen molar-refractivity contribution < 1.29 is 0 Å². The van der Waals surface area contributed by atoms with Crippen molar-refractivity contribution in [1.82, 2.24) is 0 Å². The van der Waals surface area contributed by atoms with Crippen LogP contribution in [0.1, 0.15) is 16.7 Å². The van der Waals surface area contributed by atoms with Crippen molar-refractivity contribution >= 4 is 28.9 Å². The third-order valence-electron chi connectivity index (χ3n) is 3.01. The smallest absolute Gasteiger partial charge is 0.0424 e. The second-order valence-electron chi connectivity index (χ2n) is 4.38. The van der Waals surface area contributed by atoms with E-state index in [1.165, 1.54) is 11.1 Å². The average Bonchev–Trinajstić information content (AvgIpc) is 2.30. The van der Waals surface area contributed by atoms with Gasteiger partial charge in [-0.2, -0.15) is 0 Å². The Bertz CT molecular complexity index is 544. The van der Waals surface area contributed by atoms with E-state index in [9.17, 15) is 0 Å². The summed E-state index contributed by atoms with van der Waals surface area (Å²) in [5, 5.41) is 4.74. The highest BCUT2D eigenvalue weighted by molar-refractivity contribution is 6.34. The molecule has 2 aromatic carbocycles. The summed E-state index contributed by atoms with van der Waals surface area (Å²) in [5.74, 6) is 0. The average molecular weight is 280 g/mol. The van der Waals surface area contributed by atoms with Crippen LogP contribution in [0.4, 0.5) is 5.69 Å². The molecule has 0 spiro atoms. The summed E-state index contributed by atoms with van der Waals surface area (Å²) in [6, 6.07) is 11.8. The Balaban J connectivity index is 2.14. The van der Waals surface area contributed by atoms with Gasteiger partial charge in [-0.3, -0.25) is 0 Å². The molecule has 2 aromatic rings. The summed E-state index contributed by atoms with van der Waals surface area (Å²) in [5.41, 5.74) is 4.77. The largest absolute Gasteiger partial charge is 0.381 e. The Kier molecular flexibility index (Phi) is 4.15. The molecule has 0 fully saturated rings. The fourth-order valence-corrected chi connectivity index (χ4v) is 2.42. The predicted octanol–water partition coefficient (Wildman–Crippen LogP) is 5.22. The highest BCUT2D eigenvalue weighted by Gasteiger charge is 2.02. The van der Waals surface area contributed by atoms with Crippen LogP contribution in [-0.2, 0) is 6.54 Å². The Morgan fingerprint density at radius 3 is 2.33 bits per heavy atom. The van der Waals surface area contributed by atoms with Gasteiger partial charge in [0.1, 0.15) is 0 Å². The second-order valence-corrected chi connectivity index (χ2v) is 5.25. The summed E-state index contributed by atoms with van der Waals surface area (Å²) >= 11 is 12.0. The van der Waals surface area contributed by atoms with Gasteiger partial charge in [-0.05, 0) is 54.8 Å². The maximum atomic E-state index is 5.98. The van der Waals surface area contributed by atoms with Crippen molar-refractivity contribution in [3.8, 4) is 0 Å². The predicted molar refractivity (Wildman–Crippen MR) is 79.7 cm³/mol. The molecule has 94 valence electrons. The lowest BCUT2D eigenvalue weighted by molar-refractivity contribution is 1.13. The quantitative estimate of drug-likeness (QED) is 0.812. The van der Waals surface area contributed by atoms with Gasteiger partial charge >= 0.3 is 0 Å². The van der Waals surface area contributed by atoms with Gasteiger partial charge in [0.2, 0.25) is 0 Å². The zero-order chi connectivity index (χ0) is 13.1. The summed E-state index contributed by atoms with van der Waals surface area (Å²) in [4.78, 5) is 0. The molecule has 1 N–H and O–H groups in total. The first-order chi connectivity index (χ1) is 8.56. The van der Waals surface area contributed by atoms with Gasteiger partial charge in [-0.15, -0.1) is 0 Å². The van der Waals surface area contributed by atoms with Gasteiger partial charge in [0, 0.05) is 22.3 Å². The summed E-state index contributed by atoms with van der Waals surface area (Å²) < 4.78 is 0. The number of benzene rings is 2. The van der Waals surface area contributed by atoms with Crippen LogP contribution in [0.15, 0.2) is 36.4 Å². The molecule has 2 rings (SSSR count). The lowest BCUT2D eigenvalue weighted by Gasteiger charge is -2.12. The highest BCUT2D eigenvalue weighted by Crippen LogP contribution is 2.22. The van der Waals surface area contributed by atoms with Crippen molar-refractivity contribution in [2.45, 2.75) is 20.4 Å². The van der Waals surface area contributed by atoms with Gasteiger partial charge < -0.3 is 5.32 Å². The molecule has 0 atom stereocenters. The van der Waals surface area contributed by atoms with Crippen LogP contribution in [0.25, 0.3) is 0 Å². The van der Waals surface area contributed by atoms with Gasteiger partial charge in [0.15, 0.2) is 0 Å². The summed E-state index contributed by atoms with van der Waals surface area (Å²) in [7, 11) is 0. The molecule has 18 heavy (non-hydrogen) atoms.